The first-order valence-electron chi connectivity index (χ1n) is 7.91. The van der Waals surface area contributed by atoms with Crippen molar-refractivity contribution >= 4 is 11.8 Å². The molecule has 2 atom stereocenters. The topological polar surface area (TPSA) is 69.3 Å². The van der Waals surface area contributed by atoms with Crippen molar-refractivity contribution in [2.45, 2.75) is 31.4 Å². The van der Waals surface area contributed by atoms with Gasteiger partial charge in [0, 0.05) is 44.7 Å². The number of H-pyrrole nitrogens is 1. The van der Waals surface area contributed by atoms with Crippen molar-refractivity contribution in [2.75, 3.05) is 26.7 Å². The van der Waals surface area contributed by atoms with Gasteiger partial charge >= 0.3 is 6.18 Å². The molecule has 3 rings (SSSR count). The second kappa shape index (κ2) is 6.10. The number of halogens is 3. The maximum absolute atomic E-state index is 12.7. The number of aromatic amines is 1. The summed E-state index contributed by atoms with van der Waals surface area (Å²) in [6.45, 7) is 1.33. The summed E-state index contributed by atoms with van der Waals surface area (Å²) in [5.41, 5.74) is -0.539. The van der Waals surface area contributed by atoms with Crippen LogP contribution in [0.25, 0.3) is 0 Å². The molecule has 0 radical (unpaired) electrons. The molecule has 0 saturated carbocycles. The Hall–Kier alpha value is -2.06. The van der Waals surface area contributed by atoms with Crippen LogP contribution >= 0.6 is 0 Å². The average molecular weight is 344 g/mol. The van der Waals surface area contributed by atoms with Crippen molar-refractivity contribution < 1.29 is 22.8 Å². The lowest BCUT2D eigenvalue weighted by Crippen LogP contribution is -2.43. The molecule has 0 bridgehead atoms. The van der Waals surface area contributed by atoms with Gasteiger partial charge in [0.05, 0.1) is 5.92 Å². The first kappa shape index (κ1) is 16.8. The number of likely N-dealkylation sites (tertiary alicyclic amines) is 2. The highest BCUT2D eigenvalue weighted by atomic mass is 19.4. The zero-order chi connectivity index (χ0) is 17.5. The molecule has 2 fully saturated rings. The van der Waals surface area contributed by atoms with Gasteiger partial charge in [0.15, 0.2) is 5.69 Å². The first-order valence-corrected chi connectivity index (χ1v) is 7.91. The average Bonchev–Trinajstić information content (AvgIpc) is 3.14. The van der Waals surface area contributed by atoms with Crippen LogP contribution in [0, 0.1) is 5.92 Å². The van der Waals surface area contributed by atoms with E-state index in [1.807, 2.05) is 0 Å². The van der Waals surface area contributed by atoms with E-state index in [1.165, 1.54) is 4.90 Å². The summed E-state index contributed by atoms with van der Waals surface area (Å²) in [6.07, 6.45) is -2.85. The number of rotatable bonds is 2. The Balaban J connectivity index is 1.67. The fraction of sp³-hybridized carbons (Fsp3) is 0.667. The van der Waals surface area contributed by atoms with Gasteiger partial charge < -0.3 is 9.80 Å². The van der Waals surface area contributed by atoms with Crippen LogP contribution in [0.3, 0.4) is 0 Å². The lowest BCUT2D eigenvalue weighted by molar-refractivity contribution is -0.141. The fourth-order valence-electron chi connectivity index (χ4n) is 3.41. The Labute approximate surface area is 137 Å². The number of aromatic nitrogens is 2. The molecule has 0 unspecified atom stereocenters. The second-order valence-corrected chi connectivity index (χ2v) is 6.50. The largest absolute Gasteiger partial charge is 0.435 e. The van der Waals surface area contributed by atoms with E-state index in [9.17, 15) is 22.8 Å². The molecule has 0 spiro atoms. The summed E-state index contributed by atoms with van der Waals surface area (Å²) < 4.78 is 38.0. The molecule has 132 valence electrons. The normalized spacial score (nSPS) is 25.4. The van der Waals surface area contributed by atoms with E-state index in [2.05, 4.69) is 10.2 Å². The summed E-state index contributed by atoms with van der Waals surface area (Å²) in [5, 5.41) is 5.78. The van der Waals surface area contributed by atoms with Crippen LogP contribution in [0.2, 0.25) is 0 Å². The van der Waals surface area contributed by atoms with Crippen molar-refractivity contribution in [2.24, 2.45) is 5.92 Å². The van der Waals surface area contributed by atoms with Crippen molar-refractivity contribution in [3.05, 3.63) is 17.5 Å². The number of amides is 2. The van der Waals surface area contributed by atoms with Gasteiger partial charge in [0.1, 0.15) is 0 Å². The highest BCUT2D eigenvalue weighted by Gasteiger charge is 2.38. The summed E-state index contributed by atoms with van der Waals surface area (Å²) in [5.74, 6) is -0.687. The minimum atomic E-state index is -4.48. The number of nitrogens with one attached hydrogen (secondary N) is 1. The van der Waals surface area contributed by atoms with E-state index >= 15 is 0 Å². The van der Waals surface area contributed by atoms with Crippen molar-refractivity contribution in [3.63, 3.8) is 0 Å². The van der Waals surface area contributed by atoms with Crippen molar-refractivity contribution in [3.8, 4) is 0 Å². The first-order chi connectivity index (χ1) is 11.3. The maximum atomic E-state index is 12.7. The van der Waals surface area contributed by atoms with Crippen LogP contribution in [0.15, 0.2) is 6.07 Å². The van der Waals surface area contributed by atoms with Gasteiger partial charge in [-0.05, 0) is 18.9 Å². The number of carbonyl (C=O) groups is 2. The number of carbonyl (C=O) groups excluding carboxylic acids is 2. The number of hydrogen-bond acceptors (Lipinski definition) is 3. The van der Waals surface area contributed by atoms with Crippen LogP contribution in [0.1, 0.15) is 36.6 Å². The quantitative estimate of drug-likeness (QED) is 0.886. The molecule has 2 amide bonds. The van der Waals surface area contributed by atoms with E-state index in [1.54, 1.807) is 11.9 Å². The van der Waals surface area contributed by atoms with Gasteiger partial charge in [-0.15, -0.1) is 0 Å². The monoisotopic (exact) mass is 344 g/mol. The molecular formula is C15H19F3N4O2. The third kappa shape index (κ3) is 3.25. The summed E-state index contributed by atoms with van der Waals surface area (Å²) in [7, 11) is 1.66. The molecule has 2 aliphatic rings. The molecule has 2 aliphatic heterocycles. The van der Waals surface area contributed by atoms with E-state index in [0.717, 1.165) is 6.07 Å². The molecular weight excluding hydrogens is 325 g/mol. The molecule has 1 aromatic rings. The van der Waals surface area contributed by atoms with Crippen LogP contribution in [-0.2, 0) is 15.8 Å². The van der Waals surface area contributed by atoms with Gasteiger partial charge in [0.25, 0.3) is 0 Å². The molecule has 24 heavy (non-hydrogen) atoms. The molecule has 3 heterocycles. The molecule has 1 N–H and O–H groups in total. The third-order valence-electron chi connectivity index (χ3n) is 4.75. The van der Waals surface area contributed by atoms with Gasteiger partial charge in [-0.3, -0.25) is 14.7 Å². The van der Waals surface area contributed by atoms with E-state index in [0.29, 0.717) is 38.2 Å². The van der Waals surface area contributed by atoms with Gasteiger partial charge in [-0.25, -0.2) is 0 Å². The van der Waals surface area contributed by atoms with Crippen LogP contribution < -0.4 is 0 Å². The predicted octanol–water partition coefficient (Wildman–Crippen LogP) is 1.61. The Kier molecular flexibility index (Phi) is 4.27. The highest BCUT2D eigenvalue weighted by Crippen LogP contribution is 2.32. The standard InChI is InChI=1S/C15H19F3N4O2/c1-21-7-10(5-13(21)23)14(24)22-4-2-3-9(8-22)11-6-12(20-19-11)15(16,17)18/h6,9-10H,2-5,7-8H2,1H3,(H,19,20)/t9-,10+/m0/s1. The highest BCUT2D eigenvalue weighted by molar-refractivity contribution is 5.89. The predicted molar refractivity (Wildman–Crippen MR) is 77.9 cm³/mol. The van der Waals surface area contributed by atoms with E-state index in [-0.39, 0.29) is 30.1 Å². The minimum absolute atomic E-state index is 0.0507. The SMILES string of the molecule is CN1C[C@H](C(=O)N2CCC[C@H](c3cc(C(F)(F)F)n[nH]3)C2)CC1=O. The lowest BCUT2D eigenvalue weighted by Gasteiger charge is -2.33. The summed E-state index contributed by atoms with van der Waals surface area (Å²) in [4.78, 5) is 27.4. The Morgan fingerprint density at radius 2 is 2.12 bits per heavy atom. The molecule has 0 aromatic carbocycles. The van der Waals surface area contributed by atoms with Gasteiger partial charge in [-0.1, -0.05) is 0 Å². The lowest BCUT2D eigenvalue weighted by atomic mass is 9.93. The van der Waals surface area contributed by atoms with Gasteiger partial charge in [-0.2, -0.15) is 18.3 Å². The Morgan fingerprint density at radius 3 is 2.71 bits per heavy atom. The van der Waals surface area contributed by atoms with Crippen molar-refractivity contribution in [1.82, 2.24) is 20.0 Å². The van der Waals surface area contributed by atoms with E-state index in [4.69, 9.17) is 0 Å². The zero-order valence-electron chi connectivity index (χ0n) is 13.3. The molecule has 9 heteroatoms. The molecule has 2 saturated heterocycles. The Morgan fingerprint density at radius 1 is 1.38 bits per heavy atom. The molecule has 0 aliphatic carbocycles. The number of nitrogens with zero attached hydrogens (tertiary/aromatic N) is 3. The van der Waals surface area contributed by atoms with E-state index < -0.39 is 11.9 Å². The third-order valence-corrected chi connectivity index (χ3v) is 4.75. The second-order valence-electron chi connectivity index (χ2n) is 6.50. The number of alkyl halides is 3. The number of piperidine rings is 1. The maximum Gasteiger partial charge on any atom is 0.435 e. The van der Waals surface area contributed by atoms with Crippen LogP contribution in [0.5, 0.6) is 0 Å². The molecule has 6 nitrogen and oxygen atoms in total. The van der Waals surface area contributed by atoms with Gasteiger partial charge in [0.2, 0.25) is 11.8 Å². The van der Waals surface area contributed by atoms with Crippen molar-refractivity contribution in [1.29, 1.82) is 0 Å². The summed E-state index contributed by atoms with van der Waals surface area (Å²) >= 11 is 0. The smallest absolute Gasteiger partial charge is 0.345 e. The van der Waals surface area contributed by atoms with Crippen LogP contribution in [-0.4, -0.2) is 58.5 Å². The fourth-order valence-corrected chi connectivity index (χ4v) is 3.41. The molecule has 1 aromatic heterocycles. The van der Waals surface area contributed by atoms with Crippen LogP contribution in [0.4, 0.5) is 13.2 Å². The minimum Gasteiger partial charge on any atom is -0.345 e. The zero-order valence-corrected chi connectivity index (χ0v) is 13.3. The summed E-state index contributed by atoms with van der Waals surface area (Å²) in [6, 6.07) is 1.02. The number of hydrogen-bond donors (Lipinski definition) is 1. The Bertz CT molecular complexity index is 643.